The first kappa shape index (κ1) is 23.1. The highest BCUT2D eigenvalue weighted by Gasteiger charge is 2.77. The number of anilines is 1. The van der Waals surface area contributed by atoms with Gasteiger partial charge in [-0.05, 0) is 87.7 Å². The van der Waals surface area contributed by atoms with Gasteiger partial charge in [-0.3, -0.25) is 0 Å². The third-order valence-electron chi connectivity index (χ3n) is 10.9. The Morgan fingerprint density at radius 1 is 1.11 bits per heavy atom. The highest BCUT2D eigenvalue weighted by molar-refractivity contribution is 5.82. The Morgan fingerprint density at radius 2 is 1.92 bits per heavy atom. The molecule has 0 radical (unpaired) electrons. The molecule has 8 heteroatoms. The zero-order valence-electron chi connectivity index (χ0n) is 21.2. The Balaban J connectivity index is 1.27. The smallest absolute Gasteiger partial charge is 0.292 e. The summed E-state index contributed by atoms with van der Waals surface area (Å²) in [5, 5.41) is 22.0. The van der Waals surface area contributed by atoms with Gasteiger partial charge in [-0.15, -0.1) is 0 Å². The number of hydrogen-bond acceptors (Lipinski definition) is 7. The molecule has 4 fully saturated rings. The van der Waals surface area contributed by atoms with E-state index in [4.69, 9.17) is 14.9 Å². The van der Waals surface area contributed by atoms with Crippen molar-refractivity contribution in [3.63, 3.8) is 0 Å². The Bertz CT molecular complexity index is 1280. The fourth-order valence-corrected chi connectivity index (χ4v) is 9.12. The number of nitrogens with zero attached hydrogens (tertiary/aromatic N) is 2. The van der Waals surface area contributed by atoms with Crippen LogP contribution >= 0.6 is 0 Å². The number of halogens is 1. The summed E-state index contributed by atoms with van der Waals surface area (Å²) >= 11 is 0. The van der Waals surface area contributed by atoms with Gasteiger partial charge in [0.15, 0.2) is 5.58 Å². The number of nitrogen functional groups attached to an aromatic ring is 1. The van der Waals surface area contributed by atoms with E-state index >= 15 is 4.39 Å². The largest absolute Gasteiger partial charge is 0.424 e. The highest BCUT2D eigenvalue weighted by Crippen LogP contribution is 2.72. The van der Waals surface area contributed by atoms with E-state index in [1.54, 1.807) is 0 Å². The van der Waals surface area contributed by atoms with Crippen molar-refractivity contribution in [1.82, 2.24) is 9.88 Å². The first-order chi connectivity index (χ1) is 17.0. The molecule has 0 amide bonds. The molecule has 1 aromatic heterocycles. The first-order valence-corrected chi connectivity index (χ1v) is 13.3. The number of ether oxygens (including phenoxy) is 1. The van der Waals surface area contributed by atoms with E-state index in [0.29, 0.717) is 31.3 Å². The van der Waals surface area contributed by atoms with E-state index < -0.39 is 29.1 Å². The van der Waals surface area contributed by atoms with Crippen LogP contribution in [0.4, 0.5) is 10.4 Å². The van der Waals surface area contributed by atoms with Gasteiger partial charge in [0.25, 0.3) is 6.01 Å². The molecule has 9 atom stereocenters. The number of aromatic nitrogens is 1. The van der Waals surface area contributed by atoms with Gasteiger partial charge in [0.05, 0.1) is 17.8 Å². The minimum Gasteiger partial charge on any atom is -0.424 e. The molecule has 194 valence electrons. The van der Waals surface area contributed by atoms with E-state index in [2.05, 4.69) is 24.1 Å². The van der Waals surface area contributed by atoms with Crippen LogP contribution in [0.1, 0.15) is 57.4 Å². The van der Waals surface area contributed by atoms with Crippen LogP contribution in [0.15, 0.2) is 28.7 Å². The number of fused-ring (bicyclic) bond motifs is 2. The second kappa shape index (κ2) is 7.10. The van der Waals surface area contributed by atoms with Crippen LogP contribution in [0, 0.1) is 17.3 Å². The Hall–Kier alpha value is -2.00. The van der Waals surface area contributed by atoms with E-state index in [1.165, 1.54) is 5.57 Å². The molecule has 1 aromatic carbocycles. The van der Waals surface area contributed by atoms with Gasteiger partial charge >= 0.3 is 0 Å². The van der Waals surface area contributed by atoms with Gasteiger partial charge in [0, 0.05) is 17.9 Å². The second-order valence-corrected chi connectivity index (χ2v) is 12.6. The van der Waals surface area contributed by atoms with Crippen LogP contribution in [0.5, 0.6) is 0 Å². The van der Waals surface area contributed by atoms with Crippen molar-refractivity contribution in [3.05, 3.63) is 29.8 Å². The average molecular weight is 498 g/mol. The van der Waals surface area contributed by atoms with Crippen LogP contribution in [-0.4, -0.2) is 69.3 Å². The maximum absolute atomic E-state index is 17.2. The highest BCUT2D eigenvalue weighted by atomic mass is 19.1. The molecule has 7 rings (SSSR count). The number of aliphatic hydroxyl groups is 2. The lowest BCUT2D eigenvalue weighted by Crippen LogP contribution is -2.72. The van der Waals surface area contributed by atoms with Gasteiger partial charge < -0.3 is 30.0 Å². The van der Waals surface area contributed by atoms with Gasteiger partial charge in [0.2, 0.25) is 0 Å². The molecule has 2 saturated carbocycles. The summed E-state index contributed by atoms with van der Waals surface area (Å²) in [7, 11) is 3.85. The molecule has 2 saturated heterocycles. The van der Waals surface area contributed by atoms with Crippen molar-refractivity contribution >= 4 is 22.7 Å². The van der Waals surface area contributed by atoms with Crippen molar-refractivity contribution in [3.8, 4) is 0 Å². The molecular weight excluding hydrogens is 461 g/mol. The summed E-state index contributed by atoms with van der Waals surface area (Å²) in [5.74, 6) is -0.377. The van der Waals surface area contributed by atoms with Gasteiger partial charge in [0.1, 0.15) is 16.8 Å². The maximum atomic E-state index is 17.2. The Labute approximate surface area is 210 Å². The topological polar surface area (TPSA) is 105 Å². The molecule has 2 bridgehead atoms. The number of likely N-dealkylation sites (N-methyl/N-ethyl adjacent to an activating group) is 1. The molecule has 2 aromatic rings. The number of aliphatic hydroxyl groups excluding tert-OH is 2. The zero-order chi connectivity index (χ0) is 25.3. The van der Waals surface area contributed by atoms with Crippen molar-refractivity contribution in [2.75, 3.05) is 19.8 Å². The lowest BCUT2D eigenvalue weighted by Gasteiger charge is -2.64. The standard InChI is InChI=1S/C28H36FN3O4/c1-25-8-10-27(29)13-17-22(33)23(34)19(32(2)3)14-26(17)9-11-28(27,36-26)21(25)7-5-16(25)15-4-6-18-20(12-15)35-24(30)31-18/h4-6,12,17,19,21-23,33-34H,7-11,13-14H2,1-3H3,(H2,30,31)/t17?,19-,21?,22+,23+,25+,26+,27?,28-/m0/s1. The second-order valence-electron chi connectivity index (χ2n) is 12.6. The van der Waals surface area contributed by atoms with Gasteiger partial charge in [-0.2, -0.15) is 4.98 Å². The van der Waals surface area contributed by atoms with E-state index in [1.807, 2.05) is 31.1 Å². The quantitative estimate of drug-likeness (QED) is 0.581. The number of nitrogens with two attached hydrogens (primary N) is 1. The average Bonchev–Trinajstić information content (AvgIpc) is 3.49. The molecule has 3 unspecified atom stereocenters. The van der Waals surface area contributed by atoms with Crippen LogP contribution in [0.2, 0.25) is 0 Å². The molecule has 2 spiro atoms. The first-order valence-electron chi connectivity index (χ1n) is 13.3. The SMILES string of the molecule is CN(C)[C@H]1C[C@@]23CC[C@]4(O2)C2CC=C(c5ccc6nc(N)oc6c5)[C@@]2(C)CCC4(F)CC3[C@@H](O)[C@@H]1O. The van der Waals surface area contributed by atoms with Crippen molar-refractivity contribution in [1.29, 1.82) is 0 Å². The van der Waals surface area contributed by atoms with Gasteiger partial charge in [-0.25, -0.2) is 4.39 Å². The number of rotatable bonds is 2. The molecule has 3 aliphatic carbocycles. The van der Waals surface area contributed by atoms with Crippen LogP contribution < -0.4 is 5.73 Å². The van der Waals surface area contributed by atoms with Crippen LogP contribution in [0.3, 0.4) is 0 Å². The predicted molar refractivity (Wildman–Crippen MR) is 134 cm³/mol. The number of allylic oxidation sites excluding steroid dienone is 2. The number of hydrogen-bond donors (Lipinski definition) is 3. The number of oxazole rings is 1. The lowest BCUT2D eigenvalue weighted by molar-refractivity contribution is -0.314. The molecule has 3 heterocycles. The Morgan fingerprint density at radius 3 is 2.69 bits per heavy atom. The van der Waals surface area contributed by atoms with E-state index in [0.717, 1.165) is 23.9 Å². The minimum absolute atomic E-state index is 0.0105. The fraction of sp³-hybridized carbons (Fsp3) is 0.679. The molecule has 36 heavy (non-hydrogen) atoms. The van der Waals surface area contributed by atoms with Crippen LogP contribution in [0.25, 0.3) is 16.7 Å². The monoisotopic (exact) mass is 497 g/mol. The third-order valence-corrected chi connectivity index (χ3v) is 10.9. The molecular formula is C28H36FN3O4. The maximum Gasteiger partial charge on any atom is 0.292 e. The summed E-state index contributed by atoms with van der Waals surface area (Å²) < 4.78 is 29.9. The summed E-state index contributed by atoms with van der Waals surface area (Å²) in [6.07, 6.45) is 4.51. The van der Waals surface area contributed by atoms with Crippen molar-refractivity contribution in [2.24, 2.45) is 17.3 Å². The van der Waals surface area contributed by atoms with Crippen LogP contribution in [-0.2, 0) is 4.74 Å². The Kier molecular flexibility index (Phi) is 4.56. The summed E-state index contributed by atoms with van der Waals surface area (Å²) in [6, 6.07) is 5.94. The number of alkyl halides is 1. The lowest BCUT2D eigenvalue weighted by atomic mass is 9.51. The van der Waals surface area contributed by atoms with Crippen molar-refractivity contribution < 1.29 is 23.8 Å². The van der Waals surface area contributed by atoms with E-state index in [-0.39, 0.29) is 35.7 Å². The minimum atomic E-state index is -1.51. The third kappa shape index (κ3) is 2.69. The number of benzene rings is 1. The normalized spacial score (nSPS) is 47.5. The zero-order valence-corrected chi connectivity index (χ0v) is 21.2. The van der Waals surface area contributed by atoms with Crippen molar-refractivity contribution in [2.45, 2.75) is 87.0 Å². The van der Waals surface area contributed by atoms with E-state index in [9.17, 15) is 10.2 Å². The summed E-state index contributed by atoms with van der Waals surface area (Å²) in [6.45, 7) is 2.27. The summed E-state index contributed by atoms with van der Waals surface area (Å²) in [4.78, 5) is 6.19. The van der Waals surface area contributed by atoms with Gasteiger partial charge in [-0.1, -0.05) is 19.1 Å². The molecule has 5 aliphatic rings. The molecule has 2 aliphatic heterocycles. The molecule has 7 nitrogen and oxygen atoms in total. The summed E-state index contributed by atoms with van der Waals surface area (Å²) in [5.41, 5.74) is 6.22. The molecule has 4 N–H and O–H groups in total. The predicted octanol–water partition coefficient (Wildman–Crippen LogP) is 3.69. The fourth-order valence-electron chi connectivity index (χ4n) is 9.12.